The van der Waals surface area contributed by atoms with Gasteiger partial charge in [-0.05, 0) is 31.9 Å². The molecule has 0 saturated heterocycles. The molecule has 0 aromatic carbocycles. The highest BCUT2D eigenvalue weighted by atomic mass is 32.2. The molecule has 1 saturated carbocycles. The van der Waals surface area contributed by atoms with Gasteiger partial charge in [-0.15, -0.1) is 11.8 Å². The van der Waals surface area contributed by atoms with E-state index in [0.29, 0.717) is 6.04 Å². The lowest BCUT2D eigenvalue weighted by Gasteiger charge is -2.25. The standard InChI is InChI=1S/C17H22N2OS/c1-13-10-16(20)11-17(18-13)21-12-15-8-5-9-19(15)14-6-3-2-4-7-14/h5,8-11,14H,2-4,6-7,12H2,1H3,(H,18,20). The summed E-state index contributed by atoms with van der Waals surface area (Å²) in [6.07, 6.45) is 8.89. The zero-order valence-electron chi connectivity index (χ0n) is 12.5. The van der Waals surface area contributed by atoms with Crippen LogP contribution in [-0.2, 0) is 5.75 Å². The molecule has 21 heavy (non-hydrogen) atoms. The third kappa shape index (κ3) is 3.62. The molecule has 1 fully saturated rings. The smallest absolute Gasteiger partial charge is 0.182 e. The first-order chi connectivity index (χ1) is 10.2. The van der Waals surface area contributed by atoms with Crippen LogP contribution >= 0.6 is 11.8 Å². The number of aromatic nitrogens is 2. The van der Waals surface area contributed by atoms with Gasteiger partial charge in [-0.3, -0.25) is 4.79 Å². The van der Waals surface area contributed by atoms with Crippen LogP contribution in [0.5, 0.6) is 0 Å². The maximum absolute atomic E-state index is 11.5. The van der Waals surface area contributed by atoms with Gasteiger partial charge in [-0.1, -0.05) is 19.3 Å². The normalized spacial score (nSPS) is 16.2. The molecule has 2 aromatic heterocycles. The summed E-state index contributed by atoms with van der Waals surface area (Å²) >= 11 is 1.71. The summed E-state index contributed by atoms with van der Waals surface area (Å²) in [7, 11) is 0. The fraction of sp³-hybridized carbons (Fsp3) is 0.471. The number of thioether (sulfide) groups is 1. The van der Waals surface area contributed by atoms with Crippen molar-refractivity contribution in [1.29, 1.82) is 0 Å². The van der Waals surface area contributed by atoms with Gasteiger partial charge in [0.15, 0.2) is 5.43 Å². The van der Waals surface area contributed by atoms with Crippen LogP contribution in [0.25, 0.3) is 0 Å². The zero-order chi connectivity index (χ0) is 14.7. The van der Waals surface area contributed by atoms with Crippen molar-refractivity contribution in [3.05, 3.63) is 52.1 Å². The van der Waals surface area contributed by atoms with Crippen molar-refractivity contribution in [2.24, 2.45) is 0 Å². The van der Waals surface area contributed by atoms with Crippen LogP contribution in [-0.4, -0.2) is 9.55 Å². The zero-order valence-corrected chi connectivity index (χ0v) is 13.3. The molecule has 0 amide bonds. The summed E-state index contributed by atoms with van der Waals surface area (Å²) in [6.45, 7) is 1.93. The van der Waals surface area contributed by atoms with E-state index in [0.717, 1.165) is 16.5 Å². The Labute approximate surface area is 129 Å². The molecule has 0 aliphatic heterocycles. The van der Waals surface area contributed by atoms with Crippen LogP contribution < -0.4 is 5.43 Å². The number of H-pyrrole nitrogens is 1. The fourth-order valence-electron chi connectivity index (χ4n) is 3.15. The SMILES string of the molecule is Cc1cc(=O)cc(SCc2cccn2C2CCCCC2)[nH]1. The van der Waals surface area contributed by atoms with Crippen LogP contribution in [0.15, 0.2) is 40.3 Å². The molecule has 112 valence electrons. The van der Waals surface area contributed by atoms with Gasteiger partial charge in [0, 0.05) is 41.5 Å². The van der Waals surface area contributed by atoms with Gasteiger partial charge in [-0.2, -0.15) is 0 Å². The Morgan fingerprint density at radius 2 is 2.10 bits per heavy atom. The number of hydrogen-bond donors (Lipinski definition) is 1. The second-order valence-corrected chi connectivity index (χ2v) is 6.87. The van der Waals surface area contributed by atoms with Crippen molar-refractivity contribution in [3.63, 3.8) is 0 Å². The van der Waals surface area contributed by atoms with E-state index in [2.05, 4.69) is 27.9 Å². The third-order valence-corrected chi connectivity index (χ3v) is 5.13. The van der Waals surface area contributed by atoms with Crippen LogP contribution in [0.2, 0.25) is 0 Å². The molecule has 0 radical (unpaired) electrons. The van der Waals surface area contributed by atoms with Crippen LogP contribution in [0, 0.1) is 6.92 Å². The van der Waals surface area contributed by atoms with Crippen molar-refractivity contribution in [2.75, 3.05) is 0 Å². The van der Waals surface area contributed by atoms with E-state index >= 15 is 0 Å². The number of hydrogen-bond acceptors (Lipinski definition) is 2. The first kappa shape index (κ1) is 14.5. The highest BCUT2D eigenvalue weighted by Crippen LogP contribution is 2.31. The second-order valence-electron chi connectivity index (χ2n) is 5.85. The molecular weight excluding hydrogens is 280 g/mol. The molecule has 0 bridgehead atoms. The Kier molecular flexibility index (Phi) is 4.54. The van der Waals surface area contributed by atoms with Gasteiger partial charge < -0.3 is 9.55 Å². The monoisotopic (exact) mass is 302 g/mol. The molecule has 1 N–H and O–H groups in total. The molecule has 3 rings (SSSR count). The van der Waals surface area contributed by atoms with E-state index in [9.17, 15) is 4.79 Å². The van der Waals surface area contributed by atoms with E-state index in [1.54, 1.807) is 23.9 Å². The Bertz CT molecular complexity index is 653. The third-order valence-electron chi connectivity index (χ3n) is 4.16. The highest BCUT2D eigenvalue weighted by molar-refractivity contribution is 7.98. The number of rotatable bonds is 4. The van der Waals surface area contributed by atoms with Crippen molar-refractivity contribution in [1.82, 2.24) is 9.55 Å². The quantitative estimate of drug-likeness (QED) is 0.856. The van der Waals surface area contributed by atoms with E-state index in [4.69, 9.17) is 0 Å². The molecule has 0 spiro atoms. The van der Waals surface area contributed by atoms with Crippen molar-refractivity contribution in [2.45, 2.75) is 55.8 Å². The maximum atomic E-state index is 11.5. The number of aryl methyl sites for hydroxylation is 1. The van der Waals surface area contributed by atoms with Crippen LogP contribution in [0.3, 0.4) is 0 Å². The van der Waals surface area contributed by atoms with Gasteiger partial charge in [0.25, 0.3) is 0 Å². The first-order valence-corrected chi connectivity index (χ1v) is 8.70. The summed E-state index contributed by atoms with van der Waals surface area (Å²) in [5.74, 6) is 0.906. The predicted octanol–water partition coefficient (Wildman–Crippen LogP) is 4.28. The molecule has 1 aliphatic carbocycles. The van der Waals surface area contributed by atoms with Crippen molar-refractivity contribution >= 4 is 11.8 Å². The van der Waals surface area contributed by atoms with Gasteiger partial charge in [-0.25, -0.2) is 0 Å². The highest BCUT2D eigenvalue weighted by Gasteiger charge is 2.16. The first-order valence-electron chi connectivity index (χ1n) is 7.72. The minimum atomic E-state index is 0.0800. The van der Waals surface area contributed by atoms with E-state index in [1.165, 1.54) is 37.8 Å². The van der Waals surface area contributed by atoms with Crippen molar-refractivity contribution in [3.8, 4) is 0 Å². The summed E-state index contributed by atoms with van der Waals surface area (Å²) in [5, 5.41) is 0.955. The summed E-state index contributed by atoms with van der Waals surface area (Å²) < 4.78 is 2.44. The Hall–Kier alpha value is -1.42. The Morgan fingerprint density at radius 3 is 2.86 bits per heavy atom. The van der Waals surface area contributed by atoms with Gasteiger partial charge >= 0.3 is 0 Å². The molecule has 0 atom stereocenters. The molecule has 3 nitrogen and oxygen atoms in total. The van der Waals surface area contributed by atoms with Crippen LogP contribution in [0.1, 0.15) is 49.5 Å². The molecule has 2 heterocycles. The molecule has 0 unspecified atom stereocenters. The topological polar surface area (TPSA) is 37.8 Å². The van der Waals surface area contributed by atoms with Gasteiger partial charge in [0.05, 0.1) is 5.03 Å². The average molecular weight is 302 g/mol. The Balaban J connectivity index is 1.70. The summed E-state index contributed by atoms with van der Waals surface area (Å²) in [6, 6.07) is 8.33. The summed E-state index contributed by atoms with van der Waals surface area (Å²) in [4.78, 5) is 14.8. The lowest BCUT2D eigenvalue weighted by Crippen LogP contribution is -2.14. The van der Waals surface area contributed by atoms with Crippen molar-refractivity contribution < 1.29 is 0 Å². The number of nitrogens with one attached hydrogen (secondary N) is 1. The summed E-state index contributed by atoms with van der Waals surface area (Å²) in [5.41, 5.74) is 2.36. The molecule has 1 aliphatic rings. The number of nitrogens with zero attached hydrogens (tertiary/aromatic N) is 1. The predicted molar refractivity (Wildman–Crippen MR) is 87.9 cm³/mol. The maximum Gasteiger partial charge on any atom is 0.182 e. The average Bonchev–Trinajstić information content (AvgIpc) is 2.93. The van der Waals surface area contributed by atoms with E-state index in [-0.39, 0.29) is 5.43 Å². The lowest BCUT2D eigenvalue weighted by molar-refractivity contribution is 0.349. The minimum absolute atomic E-state index is 0.0800. The number of pyridine rings is 1. The number of aromatic amines is 1. The van der Waals surface area contributed by atoms with Gasteiger partial charge in [0.2, 0.25) is 0 Å². The van der Waals surface area contributed by atoms with Crippen LogP contribution in [0.4, 0.5) is 0 Å². The molecule has 2 aromatic rings. The molecular formula is C17H22N2OS. The molecule has 4 heteroatoms. The van der Waals surface area contributed by atoms with E-state index < -0.39 is 0 Å². The fourth-order valence-corrected chi connectivity index (χ4v) is 4.13. The lowest BCUT2D eigenvalue weighted by atomic mass is 9.95. The van der Waals surface area contributed by atoms with E-state index in [1.807, 2.05) is 6.92 Å². The second kappa shape index (κ2) is 6.56. The van der Waals surface area contributed by atoms with Gasteiger partial charge in [0.1, 0.15) is 0 Å². The largest absolute Gasteiger partial charge is 0.354 e. The minimum Gasteiger partial charge on any atom is -0.354 e. The Morgan fingerprint density at radius 1 is 1.29 bits per heavy atom.